The predicted octanol–water partition coefficient (Wildman–Crippen LogP) is 4.66. The summed E-state index contributed by atoms with van der Waals surface area (Å²) in [7, 11) is -2.66. The molecule has 3 aromatic rings. The van der Waals surface area contributed by atoms with Crippen LogP contribution in [0.25, 0.3) is 0 Å². The Balaban J connectivity index is 1.96. The van der Waals surface area contributed by atoms with E-state index in [1.807, 2.05) is 0 Å². The van der Waals surface area contributed by atoms with E-state index in [2.05, 4.69) is 4.74 Å². The van der Waals surface area contributed by atoms with Gasteiger partial charge in [-0.2, -0.15) is 4.31 Å². The number of halogens is 2. The van der Waals surface area contributed by atoms with Crippen molar-refractivity contribution in [2.45, 2.75) is 18.0 Å². The lowest BCUT2D eigenvalue weighted by molar-refractivity contribution is 0.0600. The highest BCUT2D eigenvalue weighted by Crippen LogP contribution is 2.24. The van der Waals surface area contributed by atoms with Gasteiger partial charge in [0, 0.05) is 23.7 Å². The lowest BCUT2D eigenvalue weighted by Crippen LogP contribution is -2.30. The molecule has 156 valence electrons. The second-order valence-corrected chi connectivity index (χ2v) is 8.88. The predicted molar refractivity (Wildman–Crippen MR) is 112 cm³/mol. The van der Waals surface area contributed by atoms with Crippen LogP contribution in [0.1, 0.15) is 21.5 Å². The molecule has 0 saturated carbocycles. The lowest BCUT2D eigenvalue weighted by atomic mass is 10.1. The van der Waals surface area contributed by atoms with E-state index in [0.717, 1.165) is 0 Å². The second-order valence-electron chi connectivity index (χ2n) is 6.51. The van der Waals surface area contributed by atoms with Crippen molar-refractivity contribution in [3.63, 3.8) is 0 Å². The maximum Gasteiger partial charge on any atom is 0.337 e. The maximum atomic E-state index is 14.2. The minimum Gasteiger partial charge on any atom is -0.465 e. The van der Waals surface area contributed by atoms with E-state index in [1.165, 1.54) is 41.7 Å². The highest BCUT2D eigenvalue weighted by atomic mass is 35.5. The van der Waals surface area contributed by atoms with Crippen LogP contribution in [0.15, 0.2) is 77.7 Å². The minimum absolute atomic E-state index is 0.0131. The molecule has 5 nitrogen and oxygen atoms in total. The summed E-state index contributed by atoms with van der Waals surface area (Å²) < 4.78 is 46.6. The normalized spacial score (nSPS) is 11.5. The van der Waals surface area contributed by atoms with Gasteiger partial charge in [-0.25, -0.2) is 17.6 Å². The fourth-order valence-electron chi connectivity index (χ4n) is 2.87. The number of rotatable bonds is 7. The third-order valence-electron chi connectivity index (χ3n) is 4.49. The topological polar surface area (TPSA) is 63.7 Å². The summed E-state index contributed by atoms with van der Waals surface area (Å²) in [5.74, 6) is -0.978. The second kappa shape index (κ2) is 9.38. The van der Waals surface area contributed by atoms with Gasteiger partial charge in [-0.05, 0) is 48.0 Å². The van der Waals surface area contributed by atoms with Crippen molar-refractivity contribution in [3.8, 4) is 0 Å². The Kier molecular flexibility index (Phi) is 6.87. The number of methoxy groups -OCH3 is 1. The molecule has 0 atom stereocenters. The summed E-state index contributed by atoms with van der Waals surface area (Å²) in [5.41, 5.74) is 1.24. The fraction of sp³-hybridized carbons (Fsp3) is 0.136. The molecule has 0 radical (unpaired) electrons. The number of benzene rings is 3. The van der Waals surface area contributed by atoms with Crippen molar-refractivity contribution < 1.29 is 22.3 Å². The summed E-state index contributed by atoms with van der Waals surface area (Å²) in [6.07, 6.45) is 0. The van der Waals surface area contributed by atoms with Crippen LogP contribution in [-0.4, -0.2) is 25.8 Å². The zero-order valence-electron chi connectivity index (χ0n) is 16.1. The molecule has 30 heavy (non-hydrogen) atoms. The Hall–Kier alpha value is -2.74. The summed E-state index contributed by atoms with van der Waals surface area (Å²) in [4.78, 5) is 11.7. The zero-order chi connectivity index (χ0) is 21.7. The Morgan fingerprint density at radius 1 is 0.967 bits per heavy atom. The van der Waals surface area contributed by atoms with Gasteiger partial charge in [0.2, 0.25) is 10.0 Å². The van der Waals surface area contributed by atoms with Crippen molar-refractivity contribution >= 4 is 27.6 Å². The third-order valence-corrected chi connectivity index (χ3v) is 6.55. The number of carbonyl (C=O) groups excluding carboxylic acids is 1. The lowest BCUT2D eigenvalue weighted by Gasteiger charge is -2.23. The molecule has 3 rings (SSSR count). The van der Waals surface area contributed by atoms with E-state index in [9.17, 15) is 17.6 Å². The van der Waals surface area contributed by atoms with E-state index in [4.69, 9.17) is 11.6 Å². The highest BCUT2D eigenvalue weighted by molar-refractivity contribution is 7.89. The molecule has 0 aliphatic carbocycles. The van der Waals surface area contributed by atoms with Gasteiger partial charge in [0.25, 0.3) is 0 Å². The molecule has 0 N–H and O–H groups in total. The maximum absolute atomic E-state index is 14.2. The molecule has 0 aliphatic rings. The molecule has 0 heterocycles. The molecule has 0 spiro atoms. The SMILES string of the molecule is COC(=O)c1ccc(CN(Cc2ccccc2F)S(=O)(=O)c2ccc(Cl)cc2)cc1. The Morgan fingerprint density at radius 2 is 1.60 bits per heavy atom. The van der Waals surface area contributed by atoms with Gasteiger partial charge in [-0.3, -0.25) is 0 Å². The van der Waals surface area contributed by atoms with Crippen molar-refractivity contribution in [2.24, 2.45) is 0 Å². The van der Waals surface area contributed by atoms with Crippen LogP contribution < -0.4 is 0 Å². The number of carbonyl (C=O) groups is 1. The number of nitrogens with zero attached hydrogens (tertiary/aromatic N) is 1. The Labute approximate surface area is 179 Å². The minimum atomic E-state index is -3.95. The first-order chi connectivity index (χ1) is 14.3. The summed E-state index contributed by atoms with van der Waals surface area (Å²) in [5, 5.41) is 0.410. The van der Waals surface area contributed by atoms with Gasteiger partial charge in [0.1, 0.15) is 5.82 Å². The highest BCUT2D eigenvalue weighted by Gasteiger charge is 2.26. The van der Waals surface area contributed by atoms with E-state index >= 15 is 0 Å². The molecule has 0 aromatic heterocycles. The first kappa shape index (κ1) is 22.0. The number of hydrogen-bond acceptors (Lipinski definition) is 4. The molecule has 0 fully saturated rings. The fourth-order valence-corrected chi connectivity index (χ4v) is 4.40. The summed E-state index contributed by atoms with van der Waals surface area (Å²) >= 11 is 5.88. The van der Waals surface area contributed by atoms with E-state index in [0.29, 0.717) is 16.1 Å². The van der Waals surface area contributed by atoms with Gasteiger partial charge in [0.15, 0.2) is 0 Å². The average Bonchev–Trinajstić information content (AvgIpc) is 2.75. The summed E-state index contributed by atoms with van der Waals surface area (Å²) in [6.45, 7) is -0.170. The van der Waals surface area contributed by atoms with Crippen LogP contribution in [0, 0.1) is 5.82 Å². The van der Waals surface area contributed by atoms with Crippen LogP contribution in [0.3, 0.4) is 0 Å². The van der Waals surface area contributed by atoms with Crippen molar-refractivity contribution in [1.82, 2.24) is 4.31 Å². The first-order valence-electron chi connectivity index (χ1n) is 8.97. The third kappa shape index (κ3) is 5.05. The van der Waals surface area contributed by atoms with Crippen molar-refractivity contribution in [2.75, 3.05) is 7.11 Å². The van der Waals surface area contributed by atoms with Gasteiger partial charge in [-0.1, -0.05) is 41.9 Å². The van der Waals surface area contributed by atoms with Gasteiger partial charge >= 0.3 is 5.97 Å². The number of hydrogen-bond donors (Lipinski definition) is 0. The Morgan fingerprint density at radius 3 is 2.20 bits per heavy atom. The van der Waals surface area contributed by atoms with Gasteiger partial charge < -0.3 is 4.74 Å². The largest absolute Gasteiger partial charge is 0.465 e. The van der Waals surface area contributed by atoms with Crippen molar-refractivity contribution in [1.29, 1.82) is 0 Å². The number of sulfonamides is 1. The first-order valence-corrected chi connectivity index (χ1v) is 10.8. The zero-order valence-corrected chi connectivity index (χ0v) is 17.7. The van der Waals surface area contributed by atoms with Gasteiger partial charge in [0.05, 0.1) is 17.6 Å². The van der Waals surface area contributed by atoms with Crippen LogP contribution >= 0.6 is 11.6 Å². The smallest absolute Gasteiger partial charge is 0.337 e. The van der Waals surface area contributed by atoms with Crippen LogP contribution in [-0.2, 0) is 27.8 Å². The molecule has 0 bridgehead atoms. The van der Waals surface area contributed by atoms with E-state index in [-0.39, 0.29) is 23.5 Å². The standard InChI is InChI=1S/C22H19ClFNO4S/c1-29-22(26)17-8-6-16(7-9-17)14-25(15-18-4-2-3-5-21(18)24)30(27,28)20-12-10-19(23)11-13-20/h2-13H,14-15H2,1H3. The quantitative estimate of drug-likeness (QED) is 0.494. The molecule has 0 unspecified atom stereocenters. The molecular weight excluding hydrogens is 429 g/mol. The van der Waals surface area contributed by atoms with E-state index < -0.39 is 21.8 Å². The van der Waals surface area contributed by atoms with Crippen LogP contribution in [0.5, 0.6) is 0 Å². The summed E-state index contributed by atoms with van der Waals surface area (Å²) in [6, 6.07) is 18.2. The molecule has 0 amide bonds. The molecular formula is C22H19ClFNO4S. The van der Waals surface area contributed by atoms with Crippen molar-refractivity contribution in [3.05, 3.63) is 100 Å². The average molecular weight is 448 g/mol. The molecule has 0 saturated heterocycles. The van der Waals surface area contributed by atoms with Gasteiger partial charge in [-0.15, -0.1) is 0 Å². The monoisotopic (exact) mass is 447 g/mol. The van der Waals surface area contributed by atoms with Crippen LogP contribution in [0.4, 0.5) is 4.39 Å². The van der Waals surface area contributed by atoms with Crippen LogP contribution in [0.2, 0.25) is 5.02 Å². The molecule has 3 aromatic carbocycles. The Bertz CT molecular complexity index is 1130. The number of esters is 1. The van der Waals surface area contributed by atoms with E-state index in [1.54, 1.807) is 42.5 Å². The molecule has 8 heteroatoms. The number of ether oxygens (including phenoxy) is 1. The molecule has 0 aliphatic heterocycles.